The molecule has 1 aromatic rings. The van der Waals surface area contributed by atoms with Crippen molar-refractivity contribution in [2.24, 2.45) is 0 Å². The second-order valence-electron chi connectivity index (χ2n) is 4.59. The summed E-state index contributed by atoms with van der Waals surface area (Å²) in [4.78, 5) is 23.9. The fourth-order valence-corrected chi connectivity index (χ4v) is 2.45. The van der Waals surface area contributed by atoms with E-state index in [2.05, 4.69) is 17.2 Å². The lowest BCUT2D eigenvalue weighted by Gasteiger charge is -2.28. The summed E-state index contributed by atoms with van der Waals surface area (Å²) in [5.74, 6) is -1.31. The summed E-state index contributed by atoms with van der Waals surface area (Å²) in [5, 5.41) is 5.06. The molecule has 0 saturated carbocycles. The van der Waals surface area contributed by atoms with Crippen molar-refractivity contribution in [2.75, 3.05) is 6.61 Å². The third-order valence-corrected chi connectivity index (χ3v) is 3.44. The van der Waals surface area contributed by atoms with Gasteiger partial charge in [0.25, 0.3) is 0 Å². The molecule has 0 bridgehead atoms. The number of hydrogen-bond donors (Lipinski definition) is 2. The molecule has 5 nitrogen and oxygen atoms in total. The van der Waals surface area contributed by atoms with Gasteiger partial charge in [0.1, 0.15) is 12.4 Å². The van der Waals surface area contributed by atoms with Crippen molar-refractivity contribution >= 4 is 23.6 Å². The normalized spacial score (nSPS) is 17.6. The summed E-state index contributed by atoms with van der Waals surface area (Å²) in [6.45, 7) is 4.99. The van der Waals surface area contributed by atoms with Crippen LogP contribution in [0, 0.1) is 5.82 Å². The number of carbonyl (C=O) groups is 2. The second-order valence-corrected chi connectivity index (χ2v) is 5.00. The zero-order valence-corrected chi connectivity index (χ0v) is 12.5. The molecule has 1 unspecified atom stereocenters. The Balaban J connectivity index is 2.51. The third-order valence-electron chi connectivity index (χ3n) is 3.11. The van der Waals surface area contributed by atoms with E-state index in [0.29, 0.717) is 0 Å². The van der Waals surface area contributed by atoms with E-state index in [1.165, 1.54) is 31.2 Å². The van der Waals surface area contributed by atoms with Crippen molar-refractivity contribution in [3.05, 3.63) is 58.5 Å². The maximum atomic E-state index is 14.1. The van der Waals surface area contributed by atoms with Crippen LogP contribution < -0.4 is 10.6 Å². The number of benzene rings is 1. The van der Waals surface area contributed by atoms with Gasteiger partial charge in [0.05, 0.1) is 11.6 Å². The molecule has 1 heterocycles. The van der Waals surface area contributed by atoms with Gasteiger partial charge >= 0.3 is 12.0 Å². The highest BCUT2D eigenvalue weighted by Crippen LogP contribution is 2.33. The summed E-state index contributed by atoms with van der Waals surface area (Å²) < 4.78 is 19.1. The Labute approximate surface area is 131 Å². The van der Waals surface area contributed by atoms with Crippen molar-refractivity contribution in [2.45, 2.75) is 13.0 Å². The first kappa shape index (κ1) is 16.0. The van der Waals surface area contributed by atoms with E-state index in [9.17, 15) is 14.0 Å². The quantitative estimate of drug-likeness (QED) is 0.661. The summed E-state index contributed by atoms with van der Waals surface area (Å²) in [7, 11) is 0. The molecule has 0 aliphatic carbocycles. The molecule has 1 atom stereocenters. The van der Waals surface area contributed by atoms with Gasteiger partial charge in [-0.1, -0.05) is 30.3 Å². The average Bonchev–Trinajstić information content (AvgIpc) is 2.44. The molecule has 0 fully saturated rings. The molecule has 1 aromatic carbocycles. The average molecular weight is 325 g/mol. The van der Waals surface area contributed by atoms with E-state index in [1.54, 1.807) is 0 Å². The van der Waals surface area contributed by atoms with Gasteiger partial charge in [-0.25, -0.2) is 14.0 Å². The molecule has 22 heavy (non-hydrogen) atoms. The van der Waals surface area contributed by atoms with Crippen LogP contribution in [0.4, 0.5) is 9.18 Å². The van der Waals surface area contributed by atoms with E-state index < -0.39 is 23.9 Å². The van der Waals surface area contributed by atoms with E-state index in [4.69, 9.17) is 16.3 Å². The lowest BCUT2D eigenvalue weighted by atomic mass is 9.95. The van der Waals surface area contributed by atoms with Crippen molar-refractivity contribution in [1.82, 2.24) is 10.6 Å². The molecule has 2 rings (SSSR count). The van der Waals surface area contributed by atoms with Crippen molar-refractivity contribution in [1.29, 1.82) is 0 Å². The first-order chi connectivity index (χ1) is 10.5. The van der Waals surface area contributed by atoms with Crippen LogP contribution in [0.5, 0.6) is 0 Å². The number of urea groups is 1. The van der Waals surface area contributed by atoms with Gasteiger partial charge in [0.2, 0.25) is 0 Å². The molecular weight excluding hydrogens is 311 g/mol. The zero-order chi connectivity index (χ0) is 16.3. The topological polar surface area (TPSA) is 67.4 Å². The third kappa shape index (κ3) is 3.12. The number of hydrogen-bond acceptors (Lipinski definition) is 3. The van der Waals surface area contributed by atoms with Crippen molar-refractivity contribution in [3.63, 3.8) is 0 Å². The number of amides is 2. The van der Waals surface area contributed by atoms with Gasteiger partial charge in [0, 0.05) is 16.3 Å². The molecule has 0 spiro atoms. The number of allylic oxidation sites excluding steroid dienone is 1. The van der Waals surface area contributed by atoms with Crippen LogP contribution in [0.3, 0.4) is 0 Å². The lowest BCUT2D eigenvalue weighted by Crippen LogP contribution is -2.45. The number of rotatable bonds is 4. The number of halogens is 2. The molecule has 1 aliphatic heterocycles. The standard InChI is InChI=1S/C15H14ClFN2O3/c1-3-7-22-14(20)11-8(2)18-15(21)19-13(11)12-9(16)5-4-6-10(12)17/h3-6,13H,1,7H2,2H3,(H2,18,19,21). The van der Waals surface area contributed by atoms with Gasteiger partial charge in [-0.15, -0.1) is 0 Å². The summed E-state index contributed by atoms with van der Waals surface area (Å²) in [5.41, 5.74) is 0.388. The van der Waals surface area contributed by atoms with Gasteiger partial charge < -0.3 is 15.4 Å². The molecule has 116 valence electrons. The Kier molecular flexibility index (Phi) is 4.82. The summed E-state index contributed by atoms with van der Waals surface area (Å²) in [6.07, 6.45) is 1.41. The fourth-order valence-electron chi connectivity index (χ4n) is 2.18. The van der Waals surface area contributed by atoms with Crippen molar-refractivity contribution < 1.29 is 18.7 Å². The zero-order valence-electron chi connectivity index (χ0n) is 11.8. The van der Waals surface area contributed by atoms with Crippen LogP contribution in [0.1, 0.15) is 18.5 Å². The van der Waals surface area contributed by atoms with E-state index in [1.807, 2.05) is 0 Å². The Morgan fingerprint density at radius 2 is 2.27 bits per heavy atom. The predicted octanol–water partition coefficient (Wildman–Crippen LogP) is 2.84. The Morgan fingerprint density at radius 3 is 2.91 bits per heavy atom. The molecular formula is C15H14ClFN2O3. The van der Waals surface area contributed by atoms with E-state index >= 15 is 0 Å². The fraction of sp³-hybridized carbons (Fsp3) is 0.200. The summed E-state index contributed by atoms with van der Waals surface area (Å²) in [6, 6.07) is 2.55. The van der Waals surface area contributed by atoms with Crippen LogP contribution in [0.2, 0.25) is 5.02 Å². The Bertz CT molecular complexity index is 653. The molecule has 2 amide bonds. The van der Waals surface area contributed by atoms with Crippen LogP contribution in [0.15, 0.2) is 42.1 Å². The molecule has 7 heteroatoms. The van der Waals surface area contributed by atoms with Crippen LogP contribution >= 0.6 is 11.6 Å². The predicted molar refractivity (Wildman–Crippen MR) is 79.7 cm³/mol. The molecule has 2 N–H and O–H groups in total. The summed E-state index contributed by atoms with van der Waals surface area (Å²) >= 11 is 6.03. The number of nitrogens with one attached hydrogen (secondary N) is 2. The SMILES string of the molecule is C=CCOC(=O)C1=C(C)NC(=O)NC1c1c(F)cccc1Cl. The maximum absolute atomic E-state index is 14.1. The maximum Gasteiger partial charge on any atom is 0.338 e. The minimum Gasteiger partial charge on any atom is -0.458 e. The number of esters is 1. The largest absolute Gasteiger partial charge is 0.458 e. The number of ether oxygens (including phenoxy) is 1. The monoisotopic (exact) mass is 324 g/mol. The van der Waals surface area contributed by atoms with Gasteiger partial charge in [-0.3, -0.25) is 0 Å². The first-order valence-corrected chi connectivity index (χ1v) is 6.83. The second kappa shape index (κ2) is 6.62. The van der Waals surface area contributed by atoms with Crippen LogP contribution in [-0.2, 0) is 9.53 Å². The molecule has 0 aromatic heterocycles. The molecule has 0 saturated heterocycles. The van der Waals surface area contributed by atoms with Gasteiger partial charge in [-0.2, -0.15) is 0 Å². The highest BCUT2D eigenvalue weighted by atomic mass is 35.5. The molecule has 0 radical (unpaired) electrons. The first-order valence-electron chi connectivity index (χ1n) is 6.46. The smallest absolute Gasteiger partial charge is 0.338 e. The lowest BCUT2D eigenvalue weighted by molar-refractivity contribution is -0.138. The van der Waals surface area contributed by atoms with E-state index in [0.717, 1.165) is 0 Å². The van der Waals surface area contributed by atoms with Gasteiger partial charge in [-0.05, 0) is 19.1 Å². The Hall–Kier alpha value is -2.34. The van der Waals surface area contributed by atoms with Crippen LogP contribution in [0.25, 0.3) is 0 Å². The number of carbonyl (C=O) groups excluding carboxylic acids is 2. The Morgan fingerprint density at radius 1 is 1.55 bits per heavy atom. The van der Waals surface area contributed by atoms with E-state index in [-0.39, 0.29) is 28.5 Å². The molecule has 1 aliphatic rings. The minimum atomic E-state index is -1.03. The van der Waals surface area contributed by atoms with Crippen LogP contribution in [-0.4, -0.2) is 18.6 Å². The highest BCUT2D eigenvalue weighted by Gasteiger charge is 2.34. The van der Waals surface area contributed by atoms with Crippen molar-refractivity contribution in [3.8, 4) is 0 Å². The minimum absolute atomic E-state index is 0.00127. The highest BCUT2D eigenvalue weighted by molar-refractivity contribution is 6.31. The van der Waals surface area contributed by atoms with Gasteiger partial charge in [0.15, 0.2) is 0 Å².